The van der Waals surface area contributed by atoms with Crippen LogP contribution in [0.25, 0.3) is 55.3 Å². The molecule has 0 bridgehead atoms. The van der Waals surface area contributed by atoms with Crippen LogP contribution in [0.4, 0.5) is 0 Å². The molecule has 2 atom stereocenters. The molecule has 0 aliphatic heterocycles. The molecule has 0 spiro atoms. The van der Waals surface area contributed by atoms with Crippen LogP contribution in [0, 0.1) is 0 Å². The summed E-state index contributed by atoms with van der Waals surface area (Å²) in [6.45, 7) is 0. The summed E-state index contributed by atoms with van der Waals surface area (Å²) in [5.41, 5.74) is 18.7. The summed E-state index contributed by atoms with van der Waals surface area (Å²) < 4.78 is 0. The highest BCUT2D eigenvalue weighted by molar-refractivity contribution is 5.92. The van der Waals surface area contributed by atoms with E-state index in [4.69, 9.17) is 0 Å². The number of fused-ring (bicyclic) bond motifs is 7. The summed E-state index contributed by atoms with van der Waals surface area (Å²) in [6, 6.07) is 67.6. The average Bonchev–Trinajstić information content (AvgIpc) is 3.67. The average molecular weight is 609 g/mol. The second kappa shape index (κ2) is 10.8. The van der Waals surface area contributed by atoms with E-state index in [1.54, 1.807) is 0 Å². The second-order valence-electron chi connectivity index (χ2n) is 13.2. The van der Waals surface area contributed by atoms with Crippen molar-refractivity contribution in [1.29, 1.82) is 0 Å². The largest absolute Gasteiger partial charge is 0.0622 e. The summed E-state index contributed by atoms with van der Waals surface area (Å²) in [5, 5.41) is 2.62. The van der Waals surface area contributed by atoms with Gasteiger partial charge in [-0.1, -0.05) is 170 Å². The lowest BCUT2D eigenvalue weighted by Gasteiger charge is -2.17. The molecule has 0 heteroatoms. The van der Waals surface area contributed by atoms with Crippen molar-refractivity contribution in [1.82, 2.24) is 0 Å². The minimum atomic E-state index is 0.210. The number of hydrogen-bond acceptors (Lipinski definition) is 0. The Morgan fingerprint density at radius 1 is 0.271 bits per heavy atom. The van der Waals surface area contributed by atoms with Gasteiger partial charge in [0, 0.05) is 11.8 Å². The fourth-order valence-corrected chi connectivity index (χ4v) is 8.49. The summed E-state index contributed by atoms with van der Waals surface area (Å²) in [4.78, 5) is 0. The second-order valence-corrected chi connectivity index (χ2v) is 13.2. The maximum atomic E-state index is 2.43. The van der Waals surface area contributed by atoms with E-state index in [1.165, 1.54) is 88.7 Å². The topological polar surface area (TPSA) is 0 Å². The smallest absolute Gasteiger partial charge is 0.0358 e. The first-order chi connectivity index (χ1) is 23.8. The molecule has 224 valence electrons. The van der Waals surface area contributed by atoms with Crippen molar-refractivity contribution in [2.45, 2.75) is 11.8 Å². The maximum Gasteiger partial charge on any atom is 0.0358 e. The lowest BCUT2D eigenvalue weighted by Crippen LogP contribution is -2.00. The van der Waals surface area contributed by atoms with Gasteiger partial charge < -0.3 is 0 Å². The first kappa shape index (κ1) is 27.2. The fourth-order valence-electron chi connectivity index (χ4n) is 8.49. The predicted molar refractivity (Wildman–Crippen MR) is 200 cm³/mol. The van der Waals surface area contributed by atoms with Crippen molar-refractivity contribution in [3.8, 4) is 44.5 Å². The van der Waals surface area contributed by atoms with Crippen LogP contribution in [0.5, 0.6) is 0 Å². The van der Waals surface area contributed by atoms with Crippen molar-refractivity contribution in [2.75, 3.05) is 0 Å². The molecule has 0 amide bonds. The van der Waals surface area contributed by atoms with Crippen LogP contribution < -0.4 is 0 Å². The first-order valence-corrected chi connectivity index (χ1v) is 16.9. The van der Waals surface area contributed by atoms with Gasteiger partial charge in [0.25, 0.3) is 0 Å². The van der Waals surface area contributed by atoms with Gasteiger partial charge in [-0.15, -0.1) is 0 Å². The Hall–Kier alpha value is -5.98. The monoisotopic (exact) mass is 608 g/mol. The Kier molecular flexibility index (Phi) is 6.11. The molecule has 10 rings (SSSR count). The molecule has 0 radical (unpaired) electrons. The fraction of sp³-hybridized carbons (Fsp3) is 0.0417. The molecule has 0 aromatic heterocycles. The van der Waals surface area contributed by atoms with Gasteiger partial charge in [0.05, 0.1) is 0 Å². The number of benzene rings is 8. The van der Waals surface area contributed by atoms with Gasteiger partial charge in [-0.3, -0.25) is 0 Å². The molecule has 0 nitrogen and oxygen atoms in total. The Morgan fingerprint density at radius 3 is 1.52 bits per heavy atom. The third-order valence-electron chi connectivity index (χ3n) is 10.6. The first-order valence-electron chi connectivity index (χ1n) is 16.9. The zero-order valence-corrected chi connectivity index (χ0v) is 26.5. The molecule has 0 saturated carbocycles. The summed E-state index contributed by atoms with van der Waals surface area (Å²) in [7, 11) is 0. The zero-order valence-electron chi connectivity index (χ0n) is 26.5. The third-order valence-corrected chi connectivity index (χ3v) is 10.6. The van der Waals surface area contributed by atoms with Crippen LogP contribution in [-0.4, -0.2) is 0 Å². The van der Waals surface area contributed by atoms with Gasteiger partial charge in [0.1, 0.15) is 0 Å². The Bertz CT molecular complexity index is 2510. The molecule has 2 aliphatic carbocycles. The minimum Gasteiger partial charge on any atom is -0.0622 e. The van der Waals surface area contributed by atoms with Crippen molar-refractivity contribution in [2.24, 2.45) is 0 Å². The molecule has 8 aromatic rings. The van der Waals surface area contributed by atoms with Gasteiger partial charge in [-0.05, 0) is 101 Å². The highest BCUT2D eigenvalue weighted by atomic mass is 14.4. The van der Waals surface area contributed by atoms with Crippen molar-refractivity contribution in [3.63, 3.8) is 0 Å². The van der Waals surface area contributed by atoms with Crippen LogP contribution in [-0.2, 0) is 0 Å². The van der Waals surface area contributed by atoms with Crippen LogP contribution >= 0.6 is 0 Å². The molecular weight excluding hydrogens is 577 g/mol. The third kappa shape index (κ3) is 4.16. The van der Waals surface area contributed by atoms with Gasteiger partial charge >= 0.3 is 0 Å². The highest BCUT2D eigenvalue weighted by Gasteiger charge is 2.32. The SMILES string of the molecule is c1ccc(-c2cccc(C3c4ccccc4-c4cc(-c5ccc6c(c5)-c5ccccc5C6c5cccc6ccccc56)ccc43)c2)cc1. The lowest BCUT2D eigenvalue weighted by atomic mass is 9.85. The van der Waals surface area contributed by atoms with Crippen molar-refractivity contribution < 1.29 is 0 Å². The maximum absolute atomic E-state index is 2.43. The van der Waals surface area contributed by atoms with Crippen LogP contribution in [0.1, 0.15) is 45.2 Å². The highest BCUT2D eigenvalue weighted by Crippen LogP contribution is 2.52. The molecule has 2 aliphatic rings. The lowest BCUT2D eigenvalue weighted by molar-refractivity contribution is 1.02. The van der Waals surface area contributed by atoms with E-state index in [0.717, 1.165) is 0 Å². The van der Waals surface area contributed by atoms with Crippen molar-refractivity contribution in [3.05, 3.63) is 215 Å². The van der Waals surface area contributed by atoms with Gasteiger partial charge in [0.2, 0.25) is 0 Å². The van der Waals surface area contributed by atoms with E-state index >= 15 is 0 Å². The van der Waals surface area contributed by atoms with E-state index in [2.05, 4.69) is 182 Å². The van der Waals surface area contributed by atoms with Gasteiger partial charge in [0.15, 0.2) is 0 Å². The van der Waals surface area contributed by atoms with E-state index < -0.39 is 0 Å². The molecule has 0 N–H and O–H groups in total. The Labute approximate surface area is 281 Å². The zero-order chi connectivity index (χ0) is 31.6. The molecule has 0 saturated heterocycles. The summed E-state index contributed by atoms with van der Waals surface area (Å²) >= 11 is 0. The normalized spacial score (nSPS) is 15.5. The molecular formula is C48H32. The van der Waals surface area contributed by atoms with Crippen LogP contribution in [0.2, 0.25) is 0 Å². The van der Waals surface area contributed by atoms with E-state index in [0.29, 0.717) is 0 Å². The quantitative estimate of drug-likeness (QED) is 0.186. The number of rotatable bonds is 4. The minimum absolute atomic E-state index is 0.210. The van der Waals surface area contributed by atoms with Gasteiger partial charge in [-0.25, -0.2) is 0 Å². The molecule has 0 heterocycles. The summed E-state index contributed by atoms with van der Waals surface area (Å²) in [5.74, 6) is 0.429. The van der Waals surface area contributed by atoms with E-state index in [-0.39, 0.29) is 11.8 Å². The van der Waals surface area contributed by atoms with Crippen molar-refractivity contribution >= 4 is 10.8 Å². The van der Waals surface area contributed by atoms with Crippen LogP contribution in [0.3, 0.4) is 0 Å². The van der Waals surface area contributed by atoms with E-state index in [9.17, 15) is 0 Å². The predicted octanol–water partition coefficient (Wildman–Crippen LogP) is 12.5. The Balaban J connectivity index is 1.08. The molecule has 0 fully saturated rings. The van der Waals surface area contributed by atoms with Crippen LogP contribution in [0.15, 0.2) is 182 Å². The molecule has 48 heavy (non-hydrogen) atoms. The Morgan fingerprint density at radius 2 is 0.771 bits per heavy atom. The summed E-state index contributed by atoms with van der Waals surface area (Å²) in [6.07, 6.45) is 0. The van der Waals surface area contributed by atoms with E-state index in [1.807, 2.05) is 0 Å². The van der Waals surface area contributed by atoms with Gasteiger partial charge in [-0.2, -0.15) is 0 Å². The molecule has 2 unspecified atom stereocenters. The standard InChI is InChI=1S/C48H32/c1-2-12-31(13-3-1)33-16-10-17-36(28-33)47-41-21-8-6-19-38(41)45-29-34(24-26-43(45)47)35-25-27-44-46(30-35)39-20-7-9-22-42(39)48(44)40-23-11-15-32-14-4-5-18-37(32)40/h1-30,47-48H. The molecule has 8 aromatic carbocycles. The number of hydrogen-bond donors (Lipinski definition) is 0.